The third-order valence-corrected chi connectivity index (χ3v) is 5.53. The largest absolute Gasteiger partial charge is 0.326 e. The van der Waals surface area contributed by atoms with Crippen LogP contribution in [0.5, 0.6) is 0 Å². The highest BCUT2D eigenvalue weighted by atomic mass is 32.2. The van der Waals surface area contributed by atoms with Gasteiger partial charge in [-0.1, -0.05) is 42.5 Å². The molecule has 2 N–H and O–H groups in total. The molecule has 0 spiro atoms. The first-order chi connectivity index (χ1) is 12.1. The molecular weight excluding hydrogens is 338 g/mol. The first-order valence-corrected chi connectivity index (χ1v) is 9.89. The molecule has 3 aromatic rings. The summed E-state index contributed by atoms with van der Waals surface area (Å²) < 4.78 is 28.3. The van der Waals surface area contributed by atoms with Crippen molar-refractivity contribution in [1.82, 2.24) is 14.3 Å². The Balaban J connectivity index is 1.52. The number of aromatic nitrogens is 2. The van der Waals surface area contributed by atoms with Crippen molar-refractivity contribution in [2.45, 2.75) is 19.4 Å². The van der Waals surface area contributed by atoms with Crippen LogP contribution in [0, 0.1) is 0 Å². The maximum absolute atomic E-state index is 12.1. The number of imidazole rings is 1. The highest BCUT2D eigenvalue weighted by Crippen LogP contribution is 2.08. The summed E-state index contributed by atoms with van der Waals surface area (Å²) in [5.74, 6) is 0.0741. The number of sulfonamides is 1. The van der Waals surface area contributed by atoms with Crippen molar-refractivity contribution in [3.63, 3.8) is 0 Å². The number of nitrogens with one attached hydrogen (secondary N) is 2. The molecule has 3 rings (SSSR count). The molecule has 1 aromatic heterocycles. The maximum atomic E-state index is 12.1. The van der Waals surface area contributed by atoms with Gasteiger partial charge in [0.25, 0.3) is 0 Å². The zero-order chi connectivity index (χ0) is 17.7. The Labute approximate surface area is 146 Å². The topological polar surface area (TPSA) is 84.0 Å². The molecule has 0 unspecified atom stereocenters. The minimum Gasteiger partial charge on any atom is -0.306 e. The Morgan fingerprint density at radius 2 is 1.72 bits per heavy atom. The van der Waals surface area contributed by atoms with Crippen molar-refractivity contribution in [1.29, 1.82) is 0 Å². The Kier molecular flexibility index (Phi) is 5.35. The highest BCUT2D eigenvalue weighted by Gasteiger charge is 2.11. The van der Waals surface area contributed by atoms with Crippen LogP contribution in [0.4, 0.5) is 0 Å². The summed E-state index contributed by atoms with van der Waals surface area (Å²) in [5, 5.41) is 0. The van der Waals surface area contributed by atoms with E-state index >= 15 is 0 Å². The second-order valence-electron chi connectivity index (χ2n) is 5.90. The molecule has 7 heteroatoms. The van der Waals surface area contributed by atoms with E-state index in [9.17, 15) is 13.2 Å². The van der Waals surface area contributed by atoms with Crippen LogP contribution in [0.1, 0.15) is 12.0 Å². The lowest BCUT2D eigenvalue weighted by Crippen LogP contribution is -2.31. The average Bonchev–Trinajstić information content (AvgIpc) is 2.91. The molecule has 132 valence electrons. The number of rotatable bonds is 8. The summed E-state index contributed by atoms with van der Waals surface area (Å²) >= 11 is 0. The predicted molar refractivity (Wildman–Crippen MR) is 99.1 cm³/mol. The van der Waals surface area contributed by atoms with Gasteiger partial charge in [-0.2, -0.15) is 0 Å². The quantitative estimate of drug-likeness (QED) is 0.644. The highest BCUT2D eigenvalue weighted by molar-refractivity contribution is 7.89. The van der Waals surface area contributed by atoms with Gasteiger partial charge in [-0.15, -0.1) is 0 Å². The zero-order valence-corrected chi connectivity index (χ0v) is 14.6. The Hall–Kier alpha value is -2.38. The fourth-order valence-electron chi connectivity index (χ4n) is 2.82. The molecule has 25 heavy (non-hydrogen) atoms. The van der Waals surface area contributed by atoms with Gasteiger partial charge in [0, 0.05) is 13.1 Å². The third kappa shape index (κ3) is 4.58. The van der Waals surface area contributed by atoms with Crippen LogP contribution in [0.3, 0.4) is 0 Å². The van der Waals surface area contributed by atoms with Gasteiger partial charge in [0.05, 0.1) is 16.8 Å². The fourth-order valence-corrected chi connectivity index (χ4v) is 3.90. The number of hydrogen-bond donors (Lipinski definition) is 2. The molecule has 0 amide bonds. The van der Waals surface area contributed by atoms with Crippen LogP contribution in [0.15, 0.2) is 59.4 Å². The summed E-state index contributed by atoms with van der Waals surface area (Å²) in [5.41, 5.74) is 2.42. The molecule has 0 saturated heterocycles. The average molecular weight is 359 g/mol. The molecule has 0 aliphatic rings. The van der Waals surface area contributed by atoms with Gasteiger partial charge in [-0.05, 0) is 30.5 Å². The lowest BCUT2D eigenvalue weighted by Gasteiger charge is -2.08. The number of benzene rings is 2. The number of para-hydroxylation sites is 2. The molecule has 6 nitrogen and oxygen atoms in total. The van der Waals surface area contributed by atoms with E-state index in [4.69, 9.17) is 0 Å². The van der Waals surface area contributed by atoms with Crippen LogP contribution >= 0.6 is 0 Å². The second-order valence-corrected chi connectivity index (χ2v) is 7.83. The van der Waals surface area contributed by atoms with Gasteiger partial charge < -0.3 is 4.98 Å². The van der Waals surface area contributed by atoms with E-state index in [-0.39, 0.29) is 18.0 Å². The van der Waals surface area contributed by atoms with Crippen LogP contribution < -0.4 is 10.4 Å². The molecule has 0 saturated carbocycles. The lowest BCUT2D eigenvalue weighted by atomic mass is 10.1. The van der Waals surface area contributed by atoms with Crippen LogP contribution in [0.2, 0.25) is 0 Å². The number of hydrogen-bond acceptors (Lipinski definition) is 3. The monoisotopic (exact) mass is 359 g/mol. The molecule has 0 bridgehead atoms. The summed E-state index contributed by atoms with van der Waals surface area (Å²) in [6, 6.07) is 17.2. The van der Waals surface area contributed by atoms with E-state index in [2.05, 4.69) is 9.71 Å². The van der Waals surface area contributed by atoms with E-state index in [1.807, 2.05) is 54.6 Å². The second kappa shape index (κ2) is 7.67. The van der Waals surface area contributed by atoms with Gasteiger partial charge in [0.1, 0.15) is 0 Å². The summed E-state index contributed by atoms with van der Waals surface area (Å²) in [6.45, 7) is 0.482. The third-order valence-electron chi connectivity index (χ3n) is 4.06. The number of H-pyrrole nitrogens is 1. The first-order valence-electron chi connectivity index (χ1n) is 8.24. The number of aromatic amines is 1. The van der Waals surface area contributed by atoms with Crippen molar-refractivity contribution in [3.05, 3.63) is 70.6 Å². The molecular formula is C18H21N3O3S. The molecule has 0 aliphatic carbocycles. The molecule has 0 atom stereocenters. The normalized spacial score (nSPS) is 11.8. The van der Waals surface area contributed by atoms with E-state index in [1.54, 1.807) is 4.57 Å². The lowest BCUT2D eigenvalue weighted by molar-refractivity contribution is 0.570. The Bertz CT molecular complexity index is 991. The van der Waals surface area contributed by atoms with Gasteiger partial charge in [-0.3, -0.25) is 4.57 Å². The molecule has 2 aromatic carbocycles. The summed E-state index contributed by atoms with van der Waals surface area (Å²) in [6.07, 6.45) is 1.29. The van der Waals surface area contributed by atoms with Crippen LogP contribution in [0.25, 0.3) is 11.0 Å². The van der Waals surface area contributed by atoms with Gasteiger partial charge in [0.2, 0.25) is 10.0 Å². The van der Waals surface area contributed by atoms with Crippen molar-refractivity contribution >= 4 is 21.1 Å². The summed E-state index contributed by atoms with van der Waals surface area (Å²) in [4.78, 5) is 14.7. The van der Waals surface area contributed by atoms with E-state index in [0.717, 1.165) is 23.0 Å². The Morgan fingerprint density at radius 1 is 1.00 bits per heavy atom. The summed E-state index contributed by atoms with van der Waals surface area (Å²) in [7, 11) is -3.35. The van der Waals surface area contributed by atoms with Gasteiger partial charge >= 0.3 is 5.69 Å². The molecule has 0 aliphatic heterocycles. The first kappa shape index (κ1) is 17.4. The smallest absolute Gasteiger partial charge is 0.306 e. The van der Waals surface area contributed by atoms with E-state index < -0.39 is 10.0 Å². The standard InChI is InChI=1S/C18H21N3O3S/c22-18-20-16-10-4-5-11-17(16)21(18)13-12-19-25(23,24)14-6-9-15-7-2-1-3-8-15/h1-5,7-8,10-11,19H,6,9,12-14H2,(H,20,22). The predicted octanol–water partition coefficient (Wildman–Crippen LogP) is 1.88. The van der Waals surface area contributed by atoms with Crippen molar-refractivity contribution in [3.8, 4) is 0 Å². The van der Waals surface area contributed by atoms with E-state index in [1.165, 1.54) is 0 Å². The molecule has 0 fully saturated rings. The van der Waals surface area contributed by atoms with Crippen LogP contribution in [-0.4, -0.2) is 30.3 Å². The molecule has 1 heterocycles. The SMILES string of the molecule is O=c1[nH]c2ccccc2n1CCNS(=O)(=O)CCCc1ccccc1. The van der Waals surface area contributed by atoms with Gasteiger partial charge in [-0.25, -0.2) is 17.9 Å². The zero-order valence-electron chi connectivity index (χ0n) is 13.8. The van der Waals surface area contributed by atoms with Crippen molar-refractivity contribution < 1.29 is 8.42 Å². The minimum absolute atomic E-state index is 0.0741. The van der Waals surface area contributed by atoms with Gasteiger partial charge in [0.15, 0.2) is 0 Å². The number of fused-ring (bicyclic) bond motifs is 1. The Morgan fingerprint density at radius 3 is 2.52 bits per heavy atom. The van der Waals surface area contributed by atoms with Crippen molar-refractivity contribution in [2.75, 3.05) is 12.3 Å². The van der Waals surface area contributed by atoms with Crippen molar-refractivity contribution in [2.24, 2.45) is 0 Å². The minimum atomic E-state index is -3.35. The van der Waals surface area contributed by atoms with Crippen LogP contribution in [-0.2, 0) is 23.0 Å². The number of nitrogens with zero attached hydrogens (tertiary/aromatic N) is 1. The van der Waals surface area contributed by atoms with E-state index in [0.29, 0.717) is 13.0 Å². The number of aryl methyl sites for hydroxylation is 1. The fraction of sp³-hybridized carbons (Fsp3) is 0.278. The maximum Gasteiger partial charge on any atom is 0.326 e. The molecule has 0 radical (unpaired) electrons.